The lowest BCUT2D eigenvalue weighted by atomic mass is 10.1. The van der Waals surface area contributed by atoms with Crippen LogP contribution in [0.4, 0.5) is 0 Å². The van der Waals surface area contributed by atoms with Crippen LogP contribution in [-0.4, -0.2) is 22.2 Å². The molecule has 0 amide bonds. The summed E-state index contributed by atoms with van der Waals surface area (Å²) in [7, 11) is 0. The van der Waals surface area contributed by atoms with Gasteiger partial charge in [0, 0.05) is 6.42 Å². The van der Waals surface area contributed by atoms with Crippen molar-refractivity contribution in [1.82, 2.24) is 0 Å². The fraction of sp³-hybridized carbons (Fsp3) is 0.714. The third-order valence-electron chi connectivity index (χ3n) is 2.32. The molecule has 1 fully saturated rings. The SMILES string of the molecule is C[C@@]1(C(=O)O)C[C@H]1CC(=O)O. The molecule has 4 nitrogen and oxygen atoms in total. The van der Waals surface area contributed by atoms with Gasteiger partial charge in [-0.25, -0.2) is 0 Å². The van der Waals surface area contributed by atoms with Gasteiger partial charge in [-0.1, -0.05) is 0 Å². The van der Waals surface area contributed by atoms with Crippen LogP contribution in [-0.2, 0) is 9.59 Å². The van der Waals surface area contributed by atoms with Gasteiger partial charge in [-0.2, -0.15) is 0 Å². The van der Waals surface area contributed by atoms with Gasteiger partial charge in [0.25, 0.3) is 0 Å². The molecular formula is C7H10O4. The second kappa shape index (κ2) is 2.22. The molecule has 0 aromatic rings. The van der Waals surface area contributed by atoms with E-state index in [9.17, 15) is 9.59 Å². The van der Waals surface area contributed by atoms with Gasteiger partial charge in [0.05, 0.1) is 5.41 Å². The van der Waals surface area contributed by atoms with Crippen LogP contribution in [0.25, 0.3) is 0 Å². The molecule has 0 aliphatic heterocycles. The quantitative estimate of drug-likeness (QED) is 0.629. The lowest BCUT2D eigenvalue weighted by molar-refractivity contribution is -0.143. The van der Waals surface area contributed by atoms with Gasteiger partial charge in [-0.3, -0.25) is 9.59 Å². The van der Waals surface area contributed by atoms with Crippen molar-refractivity contribution < 1.29 is 19.8 Å². The zero-order valence-electron chi connectivity index (χ0n) is 6.20. The van der Waals surface area contributed by atoms with E-state index in [4.69, 9.17) is 10.2 Å². The van der Waals surface area contributed by atoms with Crippen LogP contribution in [0.5, 0.6) is 0 Å². The molecule has 0 radical (unpaired) electrons. The minimum absolute atomic E-state index is 0.0250. The number of aliphatic carboxylic acids is 2. The molecule has 1 aliphatic carbocycles. The van der Waals surface area contributed by atoms with Crippen molar-refractivity contribution in [1.29, 1.82) is 0 Å². The van der Waals surface area contributed by atoms with Crippen LogP contribution in [0, 0.1) is 11.3 Å². The average molecular weight is 158 g/mol. The Bertz CT molecular complexity index is 210. The van der Waals surface area contributed by atoms with Gasteiger partial charge in [-0.05, 0) is 19.3 Å². The summed E-state index contributed by atoms with van der Waals surface area (Å²) in [6, 6.07) is 0. The minimum Gasteiger partial charge on any atom is -0.481 e. The van der Waals surface area contributed by atoms with Crippen molar-refractivity contribution in [3.63, 3.8) is 0 Å². The Morgan fingerprint density at radius 3 is 2.36 bits per heavy atom. The zero-order valence-corrected chi connectivity index (χ0v) is 6.20. The number of hydrogen-bond acceptors (Lipinski definition) is 2. The van der Waals surface area contributed by atoms with E-state index in [1.807, 2.05) is 0 Å². The fourth-order valence-electron chi connectivity index (χ4n) is 1.22. The summed E-state index contributed by atoms with van der Waals surface area (Å²) in [6.45, 7) is 1.59. The van der Waals surface area contributed by atoms with Crippen molar-refractivity contribution in [2.24, 2.45) is 11.3 Å². The Labute approximate surface area is 63.8 Å². The third kappa shape index (κ3) is 1.34. The number of rotatable bonds is 3. The fourth-order valence-corrected chi connectivity index (χ4v) is 1.22. The molecular weight excluding hydrogens is 148 g/mol. The van der Waals surface area contributed by atoms with E-state index in [0.717, 1.165) is 0 Å². The van der Waals surface area contributed by atoms with E-state index in [0.29, 0.717) is 6.42 Å². The molecule has 0 bridgehead atoms. The first-order valence-electron chi connectivity index (χ1n) is 3.42. The zero-order chi connectivity index (χ0) is 8.65. The Balaban J connectivity index is 2.47. The maximum absolute atomic E-state index is 10.5. The molecule has 2 atom stereocenters. The number of carbonyl (C=O) groups is 2. The normalized spacial score (nSPS) is 34.8. The van der Waals surface area contributed by atoms with Gasteiger partial charge >= 0.3 is 11.9 Å². The molecule has 0 spiro atoms. The highest BCUT2D eigenvalue weighted by atomic mass is 16.4. The van der Waals surface area contributed by atoms with Crippen molar-refractivity contribution in [2.75, 3.05) is 0 Å². The third-order valence-corrected chi connectivity index (χ3v) is 2.32. The molecule has 0 saturated heterocycles. The highest BCUT2D eigenvalue weighted by Gasteiger charge is 2.56. The van der Waals surface area contributed by atoms with Crippen molar-refractivity contribution in [3.05, 3.63) is 0 Å². The van der Waals surface area contributed by atoms with Crippen LogP contribution >= 0.6 is 0 Å². The standard InChI is InChI=1S/C7H10O4/c1-7(6(10)11)3-4(7)2-5(8)9/h4H,2-3H2,1H3,(H,8,9)(H,10,11)/t4-,7-/m1/s1. The van der Waals surface area contributed by atoms with Crippen LogP contribution < -0.4 is 0 Å². The van der Waals surface area contributed by atoms with Crippen molar-refractivity contribution >= 4 is 11.9 Å². The van der Waals surface area contributed by atoms with Crippen molar-refractivity contribution in [3.8, 4) is 0 Å². The topological polar surface area (TPSA) is 74.6 Å². The van der Waals surface area contributed by atoms with E-state index in [1.165, 1.54) is 0 Å². The van der Waals surface area contributed by atoms with Crippen LogP contribution in [0.1, 0.15) is 19.8 Å². The van der Waals surface area contributed by atoms with E-state index >= 15 is 0 Å². The molecule has 0 aromatic carbocycles. The second-order valence-corrected chi connectivity index (χ2v) is 3.22. The molecule has 62 valence electrons. The van der Waals surface area contributed by atoms with E-state index in [1.54, 1.807) is 6.92 Å². The molecule has 0 unspecified atom stereocenters. The average Bonchev–Trinajstić information content (AvgIpc) is 2.42. The Morgan fingerprint density at radius 1 is 1.55 bits per heavy atom. The van der Waals surface area contributed by atoms with Crippen LogP contribution in [0.3, 0.4) is 0 Å². The number of hydrogen-bond donors (Lipinski definition) is 2. The summed E-state index contributed by atoms with van der Waals surface area (Å²) >= 11 is 0. The highest BCUT2D eigenvalue weighted by molar-refractivity contribution is 5.80. The van der Waals surface area contributed by atoms with Gasteiger partial charge in [0.2, 0.25) is 0 Å². The van der Waals surface area contributed by atoms with Gasteiger partial charge in [0.1, 0.15) is 0 Å². The molecule has 1 aliphatic rings. The van der Waals surface area contributed by atoms with Gasteiger partial charge < -0.3 is 10.2 Å². The lowest BCUT2D eigenvalue weighted by Gasteiger charge is -2.01. The van der Waals surface area contributed by atoms with Gasteiger partial charge in [-0.15, -0.1) is 0 Å². The predicted octanol–water partition coefficient (Wildman–Crippen LogP) is 0.572. The highest BCUT2D eigenvalue weighted by Crippen LogP contribution is 2.54. The molecule has 0 heterocycles. The smallest absolute Gasteiger partial charge is 0.309 e. The molecule has 4 heteroatoms. The first-order valence-corrected chi connectivity index (χ1v) is 3.42. The summed E-state index contributed by atoms with van der Waals surface area (Å²) < 4.78 is 0. The summed E-state index contributed by atoms with van der Waals surface area (Å²) in [6.07, 6.45) is 0.470. The maximum atomic E-state index is 10.5. The first kappa shape index (κ1) is 8.04. The first-order chi connectivity index (χ1) is 4.97. The molecule has 1 rings (SSSR count). The van der Waals surface area contributed by atoms with Crippen LogP contribution in [0.2, 0.25) is 0 Å². The van der Waals surface area contributed by atoms with E-state index in [2.05, 4.69) is 0 Å². The minimum atomic E-state index is -0.917. The van der Waals surface area contributed by atoms with Crippen LogP contribution in [0.15, 0.2) is 0 Å². The van der Waals surface area contributed by atoms with E-state index in [-0.39, 0.29) is 12.3 Å². The summed E-state index contributed by atoms with van der Waals surface area (Å²) in [5, 5.41) is 16.9. The van der Waals surface area contributed by atoms with Crippen molar-refractivity contribution in [2.45, 2.75) is 19.8 Å². The maximum Gasteiger partial charge on any atom is 0.309 e. The molecule has 11 heavy (non-hydrogen) atoms. The van der Waals surface area contributed by atoms with Gasteiger partial charge in [0.15, 0.2) is 0 Å². The van der Waals surface area contributed by atoms with E-state index < -0.39 is 17.4 Å². The lowest BCUT2D eigenvalue weighted by Crippen LogP contribution is -2.14. The molecule has 2 N–H and O–H groups in total. The Hall–Kier alpha value is -1.06. The Kier molecular flexibility index (Phi) is 1.62. The Morgan fingerprint density at radius 2 is 2.09 bits per heavy atom. The second-order valence-electron chi connectivity index (χ2n) is 3.22. The monoisotopic (exact) mass is 158 g/mol. The molecule has 1 saturated carbocycles. The molecule has 0 aromatic heterocycles. The largest absolute Gasteiger partial charge is 0.481 e. The number of carboxylic acid groups (broad SMARTS) is 2. The summed E-state index contributed by atoms with van der Waals surface area (Å²) in [4.78, 5) is 20.6. The number of carboxylic acids is 2. The summed E-state index contributed by atoms with van der Waals surface area (Å²) in [5.41, 5.74) is -0.765. The summed E-state index contributed by atoms with van der Waals surface area (Å²) in [5.74, 6) is -1.97. The predicted molar refractivity (Wildman–Crippen MR) is 36.1 cm³/mol.